The van der Waals surface area contributed by atoms with E-state index in [0.717, 1.165) is 12.8 Å². The summed E-state index contributed by atoms with van der Waals surface area (Å²) in [5.74, 6) is -1.90. The van der Waals surface area contributed by atoms with Gasteiger partial charge in [0.05, 0.1) is 12.0 Å². The fourth-order valence-electron chi connectivity index (χ4n) is 3.24. The molecule has 110 valence electrons. The van der Waals surface area contributed by atoms with E-state index in [1.165, 1.54) is 0 Å². The van der Waals surface area contributed by atoms with Crippen LogP contribution >= 0.6 is 0 Å². The quantitative estimate of drug-likeness (QED) is 0.892. The second-order valence-electron chi connectivity index (χ2n) is 5.81. The van der Waals surface area contributed by atoms with Gasteiger partial charge in [0.1, 0.15) is 5.82 Å². The molecule has 4 heteroatoms. The van der Waals surface area contributed by atoms with E-state index in [1.807, 2.05) is 0 Å². The number of carbonyl (C=O) groups is 1. The van der Waals surface area contributed by atoms with Gasteiger partial charge in [-0.15, -0.1) is 0 Å². The van der Waals surface area contributed by atoms with Crippen LogP contribution in [0, 0.1) is 31.5 Å². The smallest absolute Gasteiger partial charge is 0.306 e. The van der Waals surface area contributed by atoms with E-state index >= 15 is 0 Å². The Labute approximate surface area is 118 Å². The summed E-state index contributed by atoms with van der Waals surface area (Å²) in [7, 11) is 0. The minimum Gasteiger partial charge on any atom is -0.481 e. The van der Waals surface area contributed by atoms with Crippen molar-refractivity contribution in [2.75, 3.05) is 0 Å². The number of halogens is 1. The van der Waals surface area contributed by atoms with Crippen LogP contribution in [0.25, 0.3) is 0 Å². The predicted octanol–water partition coefficient (Wildman–Crippen LogP) is 3.37. The van der Waals surface area contributed by atoms with Gasteiger partial charge in [0.25, 0.3) is 0 Å². The van der Waals surface area contributed by atoms with Gasteiger partial charge in [-0.05, 0) is 43.4 Å². The summed E-state index contributed by atoms with van der Waals surface area (Å²) in [6, 6.07) is 3.25. The van der Waals surface area contributed by atoms with Crippen LogP contribution in [0.15, 0.2) is 12.1 Å². The van der Waals surface area contributed by atoms with Crippen LogP contribution in [-0.2, 0) is 4.79 Å². The Morgan fingerprint density at radius 2 is 1.80 bits per heavy atom. The van der Waals surface area contributed by atoms with Crippen molar-refractivity contribution in [1.82, 2.24) is 0 Å². The summed E-state index contributed by atoms with van der Waals surface area (Å²) in [5.41, 5.74) is 1.60. The van der Waals surface area contributed by atoms with Crippen molar-refractivity contribution in [1.29, 1.82) is 0 Å². The number of hydrogen-bond acceptors (Lipinski definition) is 2. The molecule has 0 saturated heterocycles. The van der Waals surface area contributed by atoms with E-state index in [2.05, 4.69) is 0 Å². The minimum absolute atomic E-state index is 0.264. The zero-order valence-corrected chi connectivity index (χ0v) is 11.9. The van der Waals surface area contributed by atoms with Crippen LogP contribution in [0.2, 0.25) is 0 Å². The van der Waals surface area contributed by atoms with Crippen LogP contribution < -0.4 is 0 Å². The largest absolute Gasteiger partial charge is 0.481 e. The molecule has 1 saturated carbocycles. The number of hydrogen-bond donors (Lipinski definition) is 2. The van der Waals surface area contributed by atoms with Crippen molar-refractivity contribution in [3.8, 4) is 0 Å². The first-order valence-corrected chi connectivity index (χ1v) is 7.09. The summed E-state index contributed by atoms with van der Waals surface area (Å²) >= 11 is 0. The van der Waals surface area contributed by atoms with Gasteiger partial charge >= 0.3 is 5.97 Å². The highest BCUT2D eigenvalue weighted by molar-refractivity contribution is 5.70. The van der Waals surface area contributed by atoms with Crippen LogP contribution in [0.4, 0.5) is 4.39 Å². The molecule has 0 radical (unpaired) electrons. The van der Waals surface area contributed by atoms with E-state index in [0.29, 0.717) is 29.5 Å². The molecule has 3 atom stereocenters. The molecule has 0 aliphatic heterocycles. The molecule has 0 heterocycles. The Kier molecular flexibility index (Phi) is 4.43. The first kappa shape index (κ1) is 15.0. The van der Waals surface area contributed by atoms with Crippen molar-refractivity contribution in [3.63, 3.8) is 0 Å². The van der Waals surface area contributed by atoms with E-state index < -0.39 is 18.0 Å². The molecule has 0 aromatic heterocycles. The van der Waals surface area contributed by atoms with Crippen LogP contribution in [-0.4, -0.2) is 16.2 Å². The second kappa shape index (κ2) is 5.92. The lowest BCUT2D eigenvalue weighted by Crippen LogP contribution is -2.31. The van der Waals surface area contributed by atoms with Gasteiger partial charge in [-0.2, -0.15) is 0 Å². The number of carboxylic acids is 1. The summed E-state index contributed by atoms with van der Waals surface area (Å²) in [4.78, 5) is 11.3. The maximum absolute atomic E-state index is 13.6. The maximum atomic E-state index is 13.6. The Morgan fingerprint density at radius 3 is 2.35 bits per heavy atom. The van der Waals surface area contributed by atoms with Gasteiger partial charge in [-0.25, -0.2) is 4.39 Å². The number of aryl methyl sites for hydroxylation is 2. The molecule has 3 nitrogen and oxygen atoms in total. The van der Waals surface area contributed by atoms with E-state index in [1.54, 1.807) is 26.0 Å². The Bertz CT molecular complexity index is 489. The van der Waals surface area contributed by atoms with E-state index in [9.17, 15) is 19.4 Å². The summed E-state index contributed by atoms with van der Waals surface area (Å²) in [6.07, 6.45) is 2.30. The van der Waals surface area contributed by atoms with E-state index in [4.69, 9.17) is 0 Å². The molecule has 3 unspecified atom stereocenters. The SMILES string of the molecule is Cc1cc(C(O)C2CCCCC2C(=O)O)cc(C)c1F. The molecule has 20 heavy (non-hydrogen) atoms. The molecular formula is C16H21FO3. The first-order chi connectivity index (χ1) is 9.41. The Hall–Kier alpha value is -1.42. The standard InChI is InChI=1S/C16H21FO3/c1-9-7-11(8-10(2)14(9)17)15(18)12-5-3-4-6-13(12)16(19)20/h7-8,12-13,15,18H,3-6H2,1-2H3,(H,19,20). The zero-order chi connectivity index (χ0) is 14.9. The molecule has 0 amide bonds. The predicted molar refractivity (Wildman–Crippen MR) is 73.9 cm³/mol. The third-order valence-electron chi connectivity index (χ3n) is 4.34. The highest BCUT2D eigenvalue weighted by Crippen LogP contribution is 2.39. The Morgan fingerprint density at radius 1 is 1.25 bits per heavy atom. The fraction of sp³-hybridized carbons (Fsp3) is 0.562. The van der Waals surface area contributed by atoms with Crippen LogP contribution in [0.5, 0.6) is 0 Å². The summed E-state index contributed by atoms with van der Waals surface area (Å²) < 4.78 is 13.6. The van der Waals surface area contributed by atoms with Crippen LogP contribution in [0.1, 0.15) is 48.5 Å². The molecule has 1 fully saturated rings. The fourth-order valence-corrected chi connectivity index (χ4v) is 3.24. The topological polar surface area (TPSA) is 57.5 Å². The van der Waals surface area contributed by atoms with Gasteiger partial charge in [-0.3, -0.25) is 4.79 Å². The number of aliphatic hydroxyl groups excluding tert-OH is 1. The molecule has 1 aliphatic rings. The van der Waals surface area contributed by atoms with Crippen LogP contribution in [0.3, 0.4) is 0 Å². The number of rotatable bonds is 3. The normalized spacial score (nSPS) is 24.4. The lowest BCUT2D eigenvalue weighted by atomic mass is 9.74. The molecule has 1 aromatic carbocycles. The number of aliphatic hydroxyl groups is 1. The minimum atomic E-state index is -0.843. The van der Waals surface area contributed by atoms with Crippen molar-refractivity contribution in [3.05, 3.63) is 34.6 Å². The van der Waals surface area contributed by atoms with Gasteiger partial charge in [-0.1, -0.05) is 25.0 Å². The highest BCUT2D eigenvalue weighted by atomic mass is 19.1. The van der Waals surface area contributed by atoms with E-state index in [-0.39, 0.29) is 11.7 Å². The maximum Gasteiger partial charge on any atom is 0.306 e. The number of aliphatic carboxylic acids is 1. The van der Waals surface area contributed by atoms with Gasteiger partial charge < -0.3 is 10.2 Å². The third-order valence-corrected chi connectivity index (χ3v) is 4.34. The average Bonchev–Trinajstić information content (AvgIpc) is 2.43. The molecule has 1 aliphatic carbocycles. The molecular weight excluding hydrogens is 259 g/mol. The van der Waals surface area contributed by atoms with Crippen molar-refractivity contribution in [2.24, 2.45) is 11.8 Å². The third kappa shape index (κ3) is 2.85. The van der Waals surface area contributed by atoms with Crippen molar-refractivity contribution >= 4 is 5.97 Å². The lowest BCUT2D eigenvalue weighted by molar-refractivity contribution is -0.147. The van der Waals surface area contributed by atoms with Crippen molar-refractivity contribution in [2.45, 2.75) is 45.6 Å². The molecule has 1 aromatic rings. The molecule has 2 N–H and O–H groups in total. The van der Waals surface area contributed by atoms with Gasteiger partial charge in [0, 0.05) is 5.92 Å². The lowest BCUT2D eigenvalue weighted by Gasteiger charge is -2.32. The first-order valence-electron chi connectivity index (χ1n) is 7.09. The van der Waals surface area contributed by atoms with Gasteiger partial charge in [0.15, 0.2) is 0 Å². The molecule has 0 bridgehead atoms. The van der Waals surface area contributed by atoms with Crippen molar-refractivity contribution < 1.29 is 19.4 Å². The Balaban J connectivity index is 2.29. The zero-order valence-electron chi connectivity index (χ0n) is 11.9. The molecule has 0 spiro atoms. The van der Waals surface area contributed by atoms with Gasteiger partial charge in [0.2, 0.25) is 0 Å². The average molecular weight is 280 g/mol. The summed E-state index contributed by atoms with van der Waals surface area (Å²) in [5, 5.41) is 19.8. The number of benzene rings is 1. The highest BCUT2D eigenvalue weighted by Gasteiger charge is 2.36. The number of carboxylic acid groups (broad SMARTS) is 1. The second-order valence-corrected chi connectivity index (χ2v) is 5.81. The molecule has 2 rings (SSSR count). The summed E-state index contributed by atoms with van der Waals surface area (Å²) in [6.45, 7) is 3.32. The monoisotopic (exact) mass is 280 g/mol.